The molecule has 3 aromatic rings. The third-order valence-corrected chi connectivity index (χ3v) is 7.49. The summed E-state index contributed by atoms with van der Waals surface area (Å²) >= 11 is 1.60. The number of benzene rings is 2. The van der Waals surface area contributed by atoms with E-state index in [1.807, 2.05) is 11.4 Å². The number of methoxy groups -OCH3 is 2. The summed E-state index contributed by atoms with van der Waals surface area (Å²) in [5, 5.41) is 1.22. The Balaban J connectivity index is 1.54. The van der Waals surface area contributed by atoms with Crippen LogP contribution in [0.2, 0.25) is 0 Å². The minimum atomic E-state index is 0.0685. The van der Waals surface area contributed by atoms with Crippen molar-refractivity contribution in [3.8, 4) is 11.3 Å². The Morgan fingerprint density at radius 3 is 2.44 bits per heavy atom. The quantitative estimate of drug-likeness (QED) is 0.353. The number of carbonyl (C=O) groups excluding carboxylic acids is 1. The summed E-state index contributed by atoms with van der Waals surface area (Å²) in [6.45, 7) is 6.76. The van der Waals surface area contributed by atoms with Crippen molar-refractivity contribution in [2.75, 3.05) is 72.1 Å². The molecule has 1 N–H and O–H groups in total. The highest BCUT2D eigenvalue weighted by atomic mass is 32.2. The molecule has 0 aliphatic carbocycles. The number of anilines is 1. The molecule has 2 aromatic carbocycles. The Morgan fingerprint density at radius 1 is 1.03 bits per heavy atom. The van der Waals surface area contributed by atoms with Crippen molar-refractivity contribution in [2.45, 2.75) is 24.7 Å². The first-order valence-corrected chi connectivity index (χ1v) is 13.4. The number of carbonyl (C=O) groups is 1. The zero-order valence-electron chi connectivity index (χ0n) is 21.9. The van der Waals surface area contributed by atoms with Gasteiger partial charge in [0, 0.05) is 73.1 Å². The fourth-order valence-electron chi connectivity index (χ4n) is 4.67. The van der Waals surface area contributed by atoms with Crippen molar-refractivity contribution in [2.24, 2.45) is 0 Å². The third-order valence-electron chi connectivity index (χ3n) is 6.59. The molecule has 0 unspecified atom stereocenters. The van der Waals surface area contributed by atoms with Gasteiger partial charge < -0.3 is 24.3 Å². The maximum absolute atomic E-state index is 12.9. The smallest absolute Gasteiger partial charge is 0.237 e. The Hall–Kier alpha value is -2.52. The lowest BCUT2D eigenvalue weighted by Crippen LogP contribution is -2.40. The number of aryl methyl sites for hydroxylation is 1. The summed E-state index contributed by atoms with van der Waals surface area (Å²) < 4.78 is 12.4. The molecule has 1 aromatic heterocycles. The van der Waals surface area contributed by atoms with E-state index in [-0.39, 0.29) is 5.91 Å². The molecule has 0 spiro atoms. The molecular formula is C28H38N4O3S. The largest absolute Gasteiger partial charge is 0.383 e. The highest BCUT2D eigenvalue weighted by Gasteiger charge is 2.20. The molecule has 0 radical (unpaired) electrons. The molecule has 8 heteroatoms. The number of likely N-dealkylation sites (N-methyl/N-ethyl adjacent to an activating group) is 1. The lowest BCUT2D eigenvalue weighted by molar-refractivity contribution is -0.132. The summed E-state index contributed by atoms with van der Waals surface area (Å²) in [5.74, 6) is 0.0685. The molecule has 36 heavy (non-hydrogen) atoms. The van der Waals surface area contributed by atoms with Gasteiger partial charge in [-0.05, 0) is 74.7 Å². The second-order valence-corrected chi connectivity index (χ2v) is 10.7. The van der Waals surface area contributed by atoms with Crippen LogP contribution in [0, 0.1) is 6.92 Å². The SMILES string of the molecule is COCCN(CCOC)C(=O)CN(C)Sc1ccc(N2CCCC2)c(-c2cc3ccc(C)cc3[nH]2)c1. The molecule has 1 amide bonds. The number of nitrogens with one attached hydrogen (secondary N) is 1. The Morgan fingerprint density at radius 2 is 1.75 bits per heavy atom. The topological polar surface area (TPSA) is 61.0 Å². The molecule has 194 valence electrons. The van der Waals surface area contributed by atoms with Gasteiger partial charge in [-0.3, -0.25) is 4.79 Å². The standard InChI is InChI=1S/C28H38N4O3S/c1-21-7-8-22-18-26(29-25(22)17-21)24-19-23(9-10-27(24)31-11-5-6-12-31)36-30(2)20-28(33)32(13-15-34-3)14-16-35-4/h7-10,17-19,29H,5-6,11-16,20H2,1-4H3. The van der Waals surface area contributed by atoms with Crippen LogP contribution in [-0.4, -0.2) is 87.3 Å². The second-order valence-electron chi connectivity index (χ2n) is 9.39. The van der Waals surface area contributed by atoms with E-state index in [4.69, 9.17) is 9.47 Å². The van der Waals surface area contributed by atoms with Gasteiger partial charge in [0.05, 0.1) is 19.8 Å². The summed E-state index contributed by atoms with van der Waals surface area (Å²) in [4.78, 5) is 22.0. The van der Waals surface area contributed by atoms with Gasteiger partial charge in [-0.2, -0.15) is 0 Å². The lowest BCUT2D eigenvalue weighted by atomic mass is 10.1. The van der Waals surface area contributed by atoms with E-state index < -0.39 is 0 Å². The number of aromatic nitrogens is 1. The van der Waals surface area contributed by atoms with Gasteiger partial charge >= 0.3 is 0 Å². The van der Waals surface area contributed by atoms with E-state index in [2.05, 4.69) is 59.3 Å². The first-order chi connectivity index (χ1) is 17.5. The first kappa shape index (κ1) is 26.5. The van der Waals surface area contributed by atoms with Gasteiger partial charge in [0.1, 0.15) is 0 Å². The number of fused-ring (bicyclic) bond motifs is 1. The number of nitrogens with zero attached hydrogens (tertiary/aromatic N) is 3. The van der Waals surface area contributed by atoms with Crippen molar-refractivity contribution in [3.05, 3.63) is 48.0 Å². The van der Waals surface area contributed by atoms with Crippen molar-refractivity contribution in [1.82, 2.24) is 14.2 Å². The zero-order chi connectivity index (χ0) is 25.5. The summed E-state index contributed by atoms with van der Waals surface area (Å²) in [7, 11) is 5.27. The van der Waals surface area contributed by atoms with Gasteiger partial charge in [0.2, 0.25) is 5.91 Å². The van der Waals surface area contributed by atoms with E-state index in [1.54, 1.807) is 31.1 Å². The van der Waals surface area contributed by atoms with E-state index in [0.29, 0.717) is 32.8 Å². The fourth-order valence-corrected chi connectivity index (χ4v) is 5.51. The maximum Gasteiger partial charge on any atom is 0.237 e. The predicted molar refractivity (Wildman–Crippen MR) is 149 cm³/mol. The van der Waals surface area contributed by atoms with E-state index in [0.717, 1.165) is 29.2 Å². The highest BCUT2D eigenvalue weighted by molar-refractivity contribution is 7.97. The third kappa shape index (κ3) is 6.62. The molecule has 7 nitrogen and oxygen atoms in total. The van der Waals surface area contributed by atoms with Crippen LogP contribution < -0.4 is 4.90 Å². The van der Waals surface area contributed by atoms with Crippen LogP contribution in [-0.2, 0) is 14.3 Å². The number of H-pyrrole nitrogens is 1. The van der Waals surface area contributed by atoms with Crippen molar-refractivity contribution in [3.63, 3.8) is 0 Å². The van der Waals surface area contributed by atoms with Gasteiger partial charge in [-0.25, -0.2) is 4.31 Å². The molecule has 4 rings (SSSR count). The Labute approximate surface area is 218 Å². The average molecular weight is 511 g/mol. The minimum absolute atomic E-state index is 0.0685. The molecule has 1 saturated heterocycles. The Kier molecular flexibility index (Phi) is 9.31. The first-order valence-electron chi connectivity index (χ1n) is 12.6. The maximum atomic E-state index is 12.9. The highest BCUT2D eigenvalue weighted by Crippen LogP contribution is 2.37. The minimum Gasteiger partial charge on any atom is -0.383 e. The van der Waals surface area contributed by atoms with Gasteiger partial charge in [0.25, 0.3) is 0 Å². The second kappa shape index (κ2) is 12.6. The van der Waals surface area contributed by atoms with Gasteiger partial charge in [0.15, 0.2) is 0 Å². The van der Waals surface area contributed by atoms with E-state index in [9.17, 15) is 4.79 Å². The van der Waals surface area contributed by atoms with Crippen LogP contribution in [0.15, 0.2) is 47.4 Å². The molecule has 2 heterocycles. The van der Waals surface area contributed by atoms with Crippen LogP contribution in [0.4, 0.5) is 5.69 Å². The predicted octanol–water partition coefficient (Wildman–Crippen LogP) is 4.80. The summed E-state index contributed by atoms with van der Waals surface area (Å²) in [5.41, 5.74) is 6.01. The molecular weight excluding hydrogens is 472 g/mol. The van der Waals surface area contributed by atoms with E-state index in [1.165, 1.54) is 35.0 Å². The number of hydrogen-bond donors (Lipinski definition) is 1. The number of rotatable bonds is 12. The summed E-state index contributed by atoms with van der Waals surface area (Å²) in [6.07, 6.45) is 2.46. The zero-order valence-corrected chi connectivity index (χ0v) is 22.7. The number of ether oxygens (including phenoxy) is 2. The van der Waals surface area contributed by atoms with Crippen LogP contribution in [0.3, 0.4) is 0 Å². The van der Waals surface area contributed by atoms with Crippen LogP contribution >= 0.6 is 11.9 Å². The molecule has 0 saturated carbocycles. The van der Waals surface area contributed by atoms with Gasteiger partial charge in [-0.1, -0.05) is 12.1 Å². The number of amides is 1. The molecule has 1 aliphatic rings. The number of hydrogen-bond acceptors (Lipinski definition) is 6. The molecule has 1 fully saturated rings. The normalized spacial score (nSPS) is 13.8. The molecule has 0 bridgehead atoms. The summed E-state index contributed by atoms with van der Waals surface area (Å²) in [6, 6.07) is 15.4. The van der Waals surface area contributed by atoms with Crippen LogP contribution in [0.25, 0.3) is 22.2 Å². The van der Waals surface area contributed by atoms with Crippen LogP contribution in [0.5, 0.6) is 0 Å². The average Bonchev–Trinajstić information content (AvgIpc) is 3.54. The fraction of sp³-hybridized carbons (Fsp3) is 0.464. The van der Waals surface area contributed by atoms with Crippen molar-refractivity contribution < 1.29 is 14.3 Å². The molecule has 0 atom stereocenters. The van der Waals surface area contributed by atoms with E-state index >= 15 is 0 Å². The monoisotopic (exact) mass is 510 g/mol. The lowest BCUT2D eigenvalue weighted by Gasteiger charge is -2.25. The number of aromatic amines is 1. The van der Waals surface area contributed by atoms with Gasteiger partial charge in [-0.15, -0.1) is 0 Å². The van der Waals surface area contributed by atoms with Crippen LogP contribution in [0.1, 0.15) is 18.4 Å². The van der Waals surface area contributed by atoms with Crippen molar-refractivity contribution in [1.29, 1.82) is 0 Å². The van der Waals surface area contributed by atoms with Crippen molar-refractivity contribution >= 4 is 34.4 Å². The Bertz CT molecular complexity index is 1150. The molecule has 1 aliphatic heterocycles.